The van der Waals surface area contributed by atoms with E-state index in [2.05, 4.69) is 23.7 Å². The van der Waals surface area contributed by atoms with Gasteiger partial charge in [-0.1, -0.05) is 11.8 Å². The lowest BCUT2D eigenvalue weighted by atomic mass is 10.2. The van der Waals surface area contributed by atoms with E-state index in [9.17, 15) is 0 Å². The summed E-state index contributed by atoms with van der Waals surface area (Å²) < 4.78 is 22.3. The molecule has 0 aromatic rings. The third-order valence-electron chi connectivity index (χ3n) is 4.01. The fourth-order valence-electron chi connectivity index (χ4n) is 2.65. The van der Waals surface area contributed by atoms with Gasteiger partial charge in [0.05, 0.1) is 13.2 Å². The summed E-state index contributed by atoms with van der Waals surface area (Å²) in [4.78, 5) is 0. The van der Waals surface area contributed by atoms with Crippen LogP contribution in [0.5, 0.6) is 0 Å². The monoisotopic (exact) mass is 334 g/mol. The van der Waals surface area contributed by atoms with Crippen molar-refractivity contribution in [1.82, 2.24) is 0 Å². The van der Waals surface area contributed by atoms with Crippen molar-refractivity contribution in [3.8, 4) is 23.7 Å². The van der Waals surface area contributed by atoms with Crippen LogP contribution in [0.25, 0.3) is 0 Å². The Balaban J connectivity index is 1.38. The van der Waals surface area contributed by atoms with Gasteiger partial charge in [-0.15, -0.1) is 0 Å². The van der Waals surface area contributed by atoms with Crippen LogP contribution in [0, 0.1) is 23.7 Å². The molecule has 0 aliphatic carbocycles. The van der Waals surface area contributed by atoms with Gasteiger partial charge in [0.15, 0.2) is 12.6 Å². The molecule has 0 N–H and O–H groups in total. The highest BCUT2D eigenvalue weighted by Crippen LogP contribution is 2.14. The summed E-state index contributed by atoms with van der Waals surface area (Å²) in [5.74, 6) is 11.9. The molecule has 2 aliphatic heterocycles. The number of ether oxygens (including phenoxy) is 4. The van der Waals surface area contributed by atoms with E-state index >= 15 is 0 Å². The van der Waals surface area contributed by atoms with E-state index in [0.717, 1.165) is 64.6 Å². The number of rotatable bonds is 8. The number of hydrogen-bond donors (Lipinski definition) is 0. The smallest absolute Gasteiger partial charge is 0.157 e. The minimum atomic E-state index is 0.00716. The van der Waals surface area contributed by atoms with Gasteiger partial charge in [-0.05, 0) is 63.2 Å². The first-order valence-electron chi connectivity index (χ1n) is 9.37. The van der Waals surface area contributed by atoms with Gasteiger partial charge >= 0.3 is 0 Å². The first-order chi connectivity index (χ1) is 11.9. The van der Waals surface area contributed by atoms with Gasteiger partial charge in [0.1, 0.15) is 0 Å². The molecule has 4 nitrogen and oxygen atoms in total. The van der Waals surface area contributed by atoms with Crippen molar-refractivity contribution in [1.29, 1.82) is 0 Å². The quantitative estimate of drug-likeness (QED) is 0.502. The zero-order chi connectivity index (χ0) is 16.7. The predicted octanol–water partition coefficient (Wildman–Crippen LogP) is 3.64. The van der Waals surface area contributed by atoms with Crippen LogP contribution in [-0.4, -0.2) is 39.0 Å². The van der Waals surface area contributed by atoms with Crippen molar-refractivity contribution in [2.75, 3.05) is 26.4 Å². The molecule has 0 bridgehead atoms. The number of hydrogen-bond acceptors (Lipinski definition) is 4. The Morgan fingerprint density at radius 3 is 1.62 bits per heavy atom. The minimum Gasteiger partial charge on any atom is -0.353 e. The van der Waals surface area contributed by atoms with E-state index < -0.39 is 0 Å². The lowest BCUT2D eigenvalue weighted by Crippen LogP contribution is -2.22. The Morgan fingerprint density at radius 2 is 1.21 bits per heavy atom. The van der Waals surface area contributed by atoms with Crippen molar-refractivity contribution >= 4 is 0 Å². The fraction of sp³-hybridized carbons (Fsp3) is 0.800. The van der Waals surface area contributed by atoms with E-state index in [1.54, 1.807) is 0 Å². The van der Waals surface area contributed by atoms with Crippen LogP contribution in [0.2, 0.25) is 0 Å². The first kappa shape index (κ1) is 19.3. The summed E-state index contributed by atoms with van der Waals surface area (Å²) >= 11 is 0. The molecule has 2 rings (SSSR count). The summed E-state index contributed by atoms with van der Waals surface area (Å²) in [6.45, 7) is 3.10. The molecule has 2 saturated heterocycles. The standard InChI is InChI=1S/C20H30O4/c1(3-5-9-15-21-19-13-7-11-17-23-19)2-4-6-10-16-22-20-14-8-12-18-24-20/h19-20H,5-18H2. The zero-order valence-corrected chi connectivity index (χ0v) is 14.7. The van der Waals surface area contributed by atoms with Crippen LogP contribution < -0.4 is 0 Å². The highest BCUT2D eigenvalue weighted by atomic mass is 16.7. The molecule has 0 amide bonds. The average molecular weight is 334 g/mol. The van der Waals surface area contributed by atoms with Gasteiger partial charge in [-0.3, -0.25) is 0 Å². The maximum atomic E-state index is 5.65. The van der Waals surface area contributed by atoms with Crippen molar-refractivity contribution in [2.24, 2.45) is 0 Å². The molecule has 24 heavy (non-hydrogen) atoms. The third kappa shape index (κ3) is 9.30. The van der Waals surface area contributed by atoms with Crippen LogP contribution in [0.1, 0.15) is 64.2 Å². The van der Waals surface area contributed by atoms with Crippen LogP contribution in [-0.2, 0) is 18.9 Å². The summed E-state index contributed by atoms with van der Waals surface area (Å²) in [6.07, 6.45) is 10.3. The van der Waals surface area contributed by atoms with Gasteiger partial charge in [-0.25, -0.2) is 0 Å². The SMILES string of the molecule is C(C#CCCCOC1CCCCO1)#CCCCOC1CCCCO1. The Morgan fingerprint density at radius 1 is 0.708 bits per heavy atom. The molecule has 2 heterocycles. The molecule has 2 atom stereocenters. The van der Waals surface area contributed by atoms with Gasteiger partial charge in [0, 0.05) is 26.1 Å². The molecule has 0 aromatic heterocycles. The second kappa shape index (κ2) is 13.3. The molecule has 2 fully saturated rings. The highest BCUT2D eigenvalue weighted by Gasteiger charge is 2.13. The normalized spacial score (nSPS) is 23.7. The molecule has 0 radical (unpaired) electrons. The average Bonchev–Trinajstić information content (AvgIpc) is 2.64. The van der Waals surface area contributed by atoms with Crippen LogP contribution in [0.4, 0.5) is 0 Å². The van der Waals surface area contributed by atoms with E-state index in [1.165, 1.54) is 12.8 Å². The molecule has 0 spiro atoms. The Kier molecular flexibility index (Phi) is 10.7. The molecule has 0 aromatic carbocycles. The van der Waals surface area contributed by atoms with Crippen LogP contribution >= 0.6 is 0 Å². The summed E-state index contributed by atoms with van der Waals surface area (Å²) in [5, 5.41) is 0. The van der Waals surface area contributed by atoms with Gasteiger partial charge in [0.2, 0.25) is 0 Å². The fourth-order valence-corrected chi connectivity index (χ4v) is 2.65. The van der Waals surface area contributed by atoms with E-state index in [4.69, 9.17) is 18.9 Å². The van der Waals surface area contributed by atoms with Crippen LogP contribution in [0.15, 0.2) is 0 Å². The van der Waals surface area contributed by atoms with Crippen molar-refractivity contribution in [3.05, 3.63) is 0 Å². The van der Waals surface area contributed by atoms with E-state index in [1.807, 2.05) is 0 Å². The van der Waals surface area contributed by atoms with Crippen molar-refractivity contribution < 1.29 is 18.9 Å². The van der Waals surface area contributed by atoms with E-state index in [0.29, 0.717) is 13.2 Å². The highest BCUT2D eigenvalue weighted by molar-refractivity contribution is 5.25. The predicted molar refractivity (Wildman–Crippen MR) is 93.1 cm³/mol. The van der Waals surface area contributed by atoms with E-state index in [-0.39, 0.29) is 12.6 Å². The Bertz CT molecular complexity index is 386. The van der Waals surface area contributed by atoms with Gasteiger partial charge < -0.3 is 18.9 Å². The maximum Gasteiger partial charge on any atom is 0.157 e. The largest absolute Gasteiger partial charge is 0.353 e. The Labute approximate surface area is 146 Å². The first-order valence-corrected chi connectivity index (χ1v) is 9.37. The van der Waals surface area contributed by atoms with Crippen LogP contribution in [0.3, 0.4) is 0 Å². The van der Waals surface area contributed by atoms with Crippen molar-refractivity contribution in [3.63, 3.8) is 0 Å². The minimum absolute atomic E-state index is 0.00716. The molecule has 2 unspecified atom stereocenters. The number of unbranched alkanes of at least 4 members (excludes halogenated alkanes) is 2. The summed E-state index contributed by atoms with van der Waals surface area (Å²) in [5.41, 5.74) is 0. The molecule has 2 aliphatic rings. The third-order valence-corrected chi connectivity index (χ3v) is 4.01. The Hall–Kier alpha value is -1.04. The van der Waals surface area contributed by atoms with Gasteiger partial charge in [-0.2, -0.15) is 0 Å². The molecule has 4 heteroatoms. The lowest BCUT2D eigenvalue weighted by molar-refractivity contribution is -0.162. The zero-order valence-electron chi connectivity index (χ0n) is 14.7. The topological polar surface area (TPSA) is 36.9 Å². The molecule has 0 saturated carbocycles. The second-order valence-corrected chi connectivity index (χ2v) is 6.14. The summed E-state index contributed by atoms with van der Waals surface area (Å²) in [7, 11) is 0. The van der Waals surface area contributed by atoms with Gasteiger partial charge in [0.25, 0.3) is 0 Å². The molecule has 134 valence electrons. The maximum absolute atomic E-state index is 5.65. The second-order valence-electron chi connectivity index (χ2n) is 6.14. The lowest BCUT2D eigenvalue weighted by Gasteiger charge is -2.22. The summed E-state index contributed by atoms with van der Waals surface area (Å²) in [6, 6.07) is 0. The molecular weight excluding hydrogens is 304 g/mol. The van der Waals surface area contributed by atoms with Crippen molar-refractivity contribution in [2.45, 2.75) is 76.8 Å². The molecular formula is C20H30O4.